The molecule has 34 heavy (non-hydrogen) atoms. The molecule has 1 atom stereocenters. The van der Waals surface area contributed by atoms with Crippen LogP contribution in [0.5, 0.6) is 0 Å². The number of rotatable bonds is 6. The predicted octanol–water partition coefficient (Wildman–Crippen LogP) is 3.02. The van der Waals surface area contributed by atoms with Gasteiger partial charge in [0.05, 0.1) is 10.5 Å². The Labute approximate surface area is 200 Å². The lowest BCUT2D eigenvalue weighted by molar-refractivity contribution is -0.141. The van der Waals surface area contributed by atoms with E-state index in [2.05, 4.69) is 10.4 Å². The molecule has 0 saturated carbocycles. The summed E-state index contributed by atoms with van der Waals surface area (Å²) in [4.78, 5) is 39.7. The number of halogens is 2. The summed E-state index contributed by atoms with van der Waals surface area (Å²) in [5.74, 6) is -1.89. The SMILES string of the molecule is NC(=O)c1nn(CC(=O)N2CCCCC[C@H]2C(=O)NCc2cccc(Cl)c2F)c2ccccc12. The van der Waals surface area contributed by atoms with Crippen molar-refractivity contribution in [2.75, 3.05) is 6.54 Å². The van der Waals surface area contributed by atoms with Crippen molar-refractivity contribution in [2.24, 2.45) is 5.73 Å². The maximum atomic E-state index is 14.2. The van der Waals surface area contributed by atoms with E-state index in [1.807, 2.05) is 0 Å². The monoisotopic (exact) mass is 485 g/mol. The van der Waals surface area contributed by atoms with E-state index in [1.165, 1.54) is 10.7 Å². The van der Waals surface area contributed by atoms with Gasteiger partial charge in [0.25, 0.3) is 5.91 Å². The molecule has 0 bridgehead atoms. The number of benzene rings is 2. The third kappa shape index (κ3) is 4.89. The molecule has 178 valence electrons. The first-order valence-electron chi connectivity index (χ1n) is 11.1. The molecule has 3 N–H and O–H groups in total. The van der Waals surface area contributed by atoms with Gasteiger partial charge in [-0.2, -0.15) is 5.10 Å². The zero-order valence-corrected chi connectivity index (χ0v) is 19.2. The Bertz CT molecular complexity index is 1240. The first-order chi connectivity index (χ1) is 16.4. The van der Waals surface area contributed by atoms with Gasteiger partial charge in [0.2, 0.25) is 11.8 Å². The van der Waals surface area contributed by atoms with Gasteiger partial charge in [0, 0.05) is 24.0 Å². The molecule has 3 amide bonds. The average molecular weight is 486 g/mol. The van der Waals surface area contributed by atoms with Crippen molar-refractivity contribution >= 4 is 40.2 Å². The van der Waals surface area contributed by atoms with Gasteiger partial charge in [0.1, 0.15) is 18.4 Å². The molecule has 0 aliphatic carbocycles. The van der Waals surface area contributed by atoms with Crippen molar-refractivity contribution in [2.45, 2.75) is 44.8 Å². The largest absolute Gasteiger partial charge is 0.364 e. The van der Waals surface area contributed by atoms with Gasteiger partial charge in [-0.1, -0.05) is 54.8 Å². The van der Waals surface area contributed by atoms with Gasteiger partial charge >= 0.3 is 0 Å². The van der Waals surface area contributed by atoms with Crippen LogP contribution >= 0.6 is 11.6 Å². The minimum atomic E-state index is -0.685. The third-order valence-corrected chi connectivity index (χ3v) is 6.33. The number of carbonyl (C=O) groups excluding carboxylic acids is 3. The second kappa shape index (κ2) is 10.2. The standard InChI is InChI=1S/C24H25ClFN5O3/c25-17-9-6-7-15(21(17)26)13-28-24(34)19-11-2-1-5-12-30(19)20(32)14-31-18-10-4-3-8-16(18)22(29-31)23(27)33/h3-4,6-10,19H,1-2,5,11-14H2,(H2,27,33)(H,28,34)/t19-/m0/s1. The molecule has 1 aliphatic heterocycles. The lowest BCUT2D eigenvalue weighted by Crippen LogP contribution is -2.50. The Morgan fingerprint density at radius 2 is 1.91 bits per heavy atom. The molecule has 1 aliphatic rings. The van der Waals surface area contributed by atoms with Crippen molar-refractivity contribution in [3.63, 3.8) is 0 Å². The highest BCUT2D eigenvalue weighted by molar-refractivity contribution is 6.30. The number of aromatic nitrogens is 2. The zero-order chi connectivity index (χ0) is 24.2. The summed E-state index contributed by atoms with van der Waals surface area (Å²) in [6, 6.07) is 11.0. The molecule has 10 heteroatoms. The molecular formula is C24H25ClFN5O3. The fourth-order valence-electron chi connectivity index (χ4n) is 4.31. The Morgan fingerprint density at radius 3 is 2.71 bits per heavy atom. The van der Waals surface area contributed by atoms with Crippen molar-refractivity contribution < 1.29 is 18.8 Å². The van der Waals surface area contributed by atoms with Crippen molar-refractivity contribution in [3.8, 4) is 0 Å². The fourth-order valence-corrected chi connectivity index (χ4v) is 4.51. The Balaban J connectivity index is 1.52. The number of nitrogens with one attached hydrogen (secondary N) is 1. The molecule has 2 heterocycles. The van der Waals surface area contributed by atoms with Crippen LogP contribution in [-0.4, -0.2) is 45.0 Å². The van der Waals surface area contributed by atoms with E-state index in [0.717, 1.165) is 19.3 Å². The van der Waals surface area contributed by atoms with E-state index in [4.69, 9.17) is 17.3 Å². The molecule has 1 aromatic heterocycles. The smallest absolute Gasteiger partial charge is 0.269 e. The summed E-state index contributed by atoms with van der Waals surface area (Å²) in [6.07, 6.45) is 2.96. The molecule has 0 unspecified atom stereocenters. The van der Waals surface area contributed by atoms with Gasteiger partial charge in [0.15, 0.2) is 5.69 Å². The van der Waals surface area contributed by atoms with Gasteiger partial charge < -0.3 is 16.0 Å². The molecular weight excluding hydrogens is 461 g/mol. The second-order valence-corrected chi connectivity index (χ2v) is 8.68. The van der Waals surface area contributed by atoms with Crippen molar-refractivity contribution in [1.29, 1.82) is 0 Å². The number of nitrogens with zero attached hydrogens (tertiary/aromatic N) is 3. The van der Waals surface area contributed by atoms with E-state index in [-0.39, 0.29) is 41.2 Å². The summed E-state index contributed by atoms with van der Waals surface area (Å²) in [6.45, 7) is 0.250. The van der Waals surface area contributed by atoms with E-state index >= 15 is 0 Å². The number of amides is 3. The van der Waals surface area contributed by atoms with Crippen molar-refractivity contribution in [1.82, 2.24) is 20.0 Å². The number of carbonyl (C=O) groups is 3. The third-order valence-electron chi connectivity index (χ3n) is 6.04. The zero-order valence-electron chi connectivity index (χ0n) is 18.5. The summed E-state index contributed by atoms with van der Waals surface area (Å²) < 4.78 is 15.6. The lowest BCUT2D eigenvalue weighted by atomic mass is 10.1. The number of hydrogen-bond acceptors (Lipinski definition) is 4. The lowest BCUT2D eigenvalue weighted by Gasteiger charge is -2.29. The summed E-state index contributed by atoms with van der Waals surface area (Å²) >= 11 is 5.83. The maximum Gasteiger partial charge on any atom is 0.269 e. The molecule has 0 radical (unpaired) electrons. The quantitative estimate of drug-likeness (QED) is 0.559. The molecule has 8 nitrogen and oxygen atoms in total. The van der Waals surface area contributed by atoms with Crippen LogP contribution in [0.3, 0.4) is 0 Å². The number of hydrogen-bond donors (Lipinski definition) is 2. The van der Waals surface area contributed by atoms with Crippen LogP contribution in [0.1, 0.15) is 41.7 Å². The number of para-hydroxylation sites is 1. The first kappa shape index (κ1) is 23.7. The van der Waals surface area contributed by atoms with Crippen LogP contribution in [-0.2, 0) is 22.7 Å². The van der Waals surface area contributed by atoms with Crippen molar-refractivity contribution in [3.05, 3.63) is 64.6 Å². The van der Waals surface area contributed by atoms with Crippen LogP contribution in [0.15, 0.2) is 42.5 Å². The van der Waals surface area contributed by atoms with Crippen LogP contribution in [0.4, 0.5) is 4.39 Å². The summed E-state index contributed by atoms with van der Waals surface area (Å²) in [5.41, 5.74) is 6.43. The Kier molecular flexibility index (Phi) is 7.12. The summed E-state index contributed by atoms with van der Waals surface area (Å²) in [7, 11) is 0. The number of nitrogens with two attached hydrogens (primary N) is 1. The fraction of sp³-hybridized carbons (Fsp3) is 0.333. The highest BCUT2D eigenvalue weighted by atomic mass is 35.5. The Morgan fingerprint density at radius 1 is 1.12 bits per heavy atom. The predicted molar refractivity (Wildman–Crippen MR) is 125 cm³/mol. The van der Waals surface area contributed by atoms with E-state index in [1.54, 1.807) is 41.3 Å². The molecule has 4 rings (SSSR count). The topological polar surface area (TPSA) is 110 Å². The molecule has 2 aromatic carbocycles. The number of likely N-dealkylation sites (tertiary alicyclic amines) is 1. The van der Waals surface area contributed by atoms with Crippen LogP contribution in [0, 0.1) is 5.82 Å². The van der Waals surface area contributed by atoms with Crippen LogP contribution in [0.25, 0.3) is 10.9 Å². The number of primary amides is 1. The second-order valence-electron chi connectivity index (χ2n) is 8.27. The van der Waals surface area contributed by atoms with Gasteiger partial charge in [-0.05, 0) is 25.0 Å². The highest BCUT2D eigenvalue weighted by Crippen LogP contribution is 2.22. The van der Waals surface area contributed by atoms with E-state index < -0.39 is 17.8 Å². The molecule has 0 spiro atoms. The first-order valence-corrected chi connectivity index (χ1v) is 11.5. The summed E-state index contributed by atoms with van der Waals surface area (Å²) in [5, 5.41) is 7.55. The van der Waals surface area contributed by atoms with Crippen LogP contribution in [0.2, 0.25) is 5.02 Å². The van der Waals surface area contributed by atoms with E-state index in [0.29, 0.717) is 23.9 Å². The number of fused-ring (bicyclic) bond motifs is 1. The normalized spacial score (nSPS) is 16.3. The van der Waals surface area contributed by atoms with Crippen LogP contribution < -0.4 is 11.1 Å². The van der Waals surface area contributed by atoms with Gasteiger partial charge in [-0.3, -0.25) is 19.1 Å². The Hall–Kier alpha value is -3.46. The van der Waals surface area contributed by atoms with E-state index in [9.17, 15) is 18.8 Å². The minimum absolute atomic E-state index is 0.0141. The molecule has 1 saturated heterocycles. The van der Waals surface area contributed by atoms with Gasteiger partial charge in [-0.25, -0.2) is 4.39 Å². The minimum Gasteiger partial charge on any atom is -0.364 e. The molecule has 3 aromatic rings. The highest BCUT2D eigenvalue weighted by Gasteiger charge is 2.31. The maximum absolute atomic E-state index is 14.2. The average Bonchev–Trinajstić information content (AvgIpc) is 3.01. The van der Waals surface area contributed by atoms with Gasteiger partial charge in [-0.15, -0.1) is 0 Å². The molecule has 1 fully saturated rings.